The Morgan fingerprint density at radius 3 is 2.73 bits per heavy atom. The van der Waals surface area contributed by atoms with Crippen molar-refractivity contribution in [2.75, 3.05) is 26.5 Å². The molecular weight excluding hydrogens is 555 g/mol. The van der Waals surface area contributed by atoms with Gasteiger partial charge in [0.15, 0.2) is 28.2 Å². The van der Waals surface area contributed by atoms with Crippen molar-refractivity contribution in [3.8, 4) is 23.0 Å². The Morgan fingerprint density at radius 2 is 1.97 bits per heavy atom. The van der Waals surface area contributed by atoms with E-state index < -0.39 is 0 Å². The summed E-state index contributed by atoms with van der Waals surface area (Å²) in [5.74, 6) is 2.76. The summed E-state index contributed by atoms with van der Waals surface area (Å²) in [7, 11) is 0. The van der Waals surface area contributed by atoms with Crippen molar-refractivity contribution in [3.63, 3.8) is 0 Å². The zero-order valence-corrected chi connectivity index (χ0v) is 21.7. The van der Waals surface area contributed by atoms with Crippen molar-refractivity contribution < 1.29 is 23.7 Å². The summed E-state index contributed by atoms with van der Waals surface area (Å²) < 4.78 is 23.8. The molecule has 1 saturated heterocycles. The maximum atomic E-state index is 12.8. The molecule has 0 spiro atoms. The maximum absolute atomic E-state index is 12.8. The molecule has 0 aromatic heterocycles. The van der Waals surface area contributed by atoms with Crippen LogP contribution in [0.15, 0.2) is 40.2 Å². The second-order valence-corrected chi connectivity index (χ2v) is 9.33. The molecule has 0 unspecified atom stereocenters. The number of carbonyl (C=O) groups excluding carboxylic acids is 1. The number of carbonyl (C=O) groups is 1. The van der Waals surface area contributed by atoms with E-state index in [2.05, 4.69) is 27.6 Å². The number of amidine groups is 1. The fraction of sp³-hybridized carbons (Fsp3) is 0.333. The Morgan fingerprint density at radius 1 is 1.15 bits per heavy atom. The quantitative estimate of drug-likeness (QED) is 0.312. The van der Waals surface area contributed by atoms with Crippen LogP contribution in [0.25, 0.3) is 6.08 Å². The third kappa shape index (κ3) is 5.24. The van der Waals surface area contributed by atoms with E-state index in [-0.39, 0.29) is 12.7 Å². The molecular formula is C24H25IN2O5S. The van der Waals surface area contributed by atoms with Crippen molar-refractivity contribution in [1.29, 1.82) is 0 Å². The van der Waals surface area contributed by atoms with E-state index in [4.69, 9.17) is 18.9 Å². The first kappa shape index (κ1) is 23.7. The molecule has 0 atom stereocenters. The van der Waals surface area contributed by atoms with Gasteiger partial charge in [-0.2, -0.15) is 0 Å². The lowest BCUT2D eigenvalue weighted by Gasteiger charge is -2.15. The highest BCUT2D eigenvalue weighted by molar-refractivity contribution is 14.1. The third-order valence-electron chi connectivity index (χ3n) is 4.95. The van der Waals surface area contributed by atoms with Gasteiger partial charge in [0.2, 0.25) is 6.79 Å². The fourth-order valence-corrected chi connectivity index (χ4v) is 5.34. The summed E-state index contributed by atoms with van der Waals surface area (Å²) in [6, 6.07) is 9.66. The van der Waals surface area contributed by atoms with Gasteiger partial charge in [-0.1, -0.05) is 6.07 Å². The molecule has 2 aliphatic heterocycles. The van der Waals surface area contributed by atoms with Crippen LogP contribution in [-0.2, 0) is 11.4 Å². The molecule has 2 aromatic rings. The lowest BCUT2D eigenvalue weighted by molar-refractivity contribution is -0.122. The minimum atomic E-state index is -0.0224. The molecule has 1 fully saturated rings. The van der Waals surface area contributed by atoms with Gasteiger partial charge in [-0.15, -0.1) is 0 Å². The predicted octanol–water partition coefficient (Wildman–Crippen LogP) is 5.31. The van der Waals surface area contributed by atoms with Gasteiger partial charge in [-0.25, -0.2) is 0 Å². The first-order valence-corrected chi connectivity index (χ1v) is 12.7. The van der Waals surface area contributed by atoms with Crippen LogP contribution in [0.2, 0.25) is 0 Å². The standard InChI is InChI=1S/C24H25IN2O5S/c1-4-26-24-27(5-2)23(28)21(33-24)12-16-9-17(25)22(20(11-16)29-6-3)30-13-15-7-8-18-19(10-15)32-14-31-18/h7-12H,4-6,13-14H2,1-3H3/b21-12-,26-24?. The molecule has 0 aliphatic carbocycles. The highest BCUT2D eigenvalue weighted by atomic mass is 127. The highest BCUT2D eigenvalue weighted by Crippen LogP contribution is 2.38. The van der Waals surface area contributed by atoms with Gasteiger partial charge in [-0.3, -0.25) is 14.7 Å². The summed E-state index contributed by atoms with van der Waals surface area (Å²) in [5, 5.41) is 0.750. The number of rotatable bonds is 8. The first-order chi connectivity index (χ1) is 16.0. The van der Waals surface area contributed by atoms with Gasteiger partial charge < -0.3 is 18.9 Å². The van der Waals surface area contributed by atoms with Crippen LogP contribution in [0.4, 0.5) is 0 Å². The fourth-order valence-electron chi connectivity index (χ4n) is 3.45. The summed E-state index contributed by atoms with van der Waals surface area (Å²) in [6.07, 6.45) is 1.89. The van der Waals surface area contributed by atoms with Gasteiger partial charge in [-0.05, 0) is 96.6 Å². The summed E-state index contributed by atoms with van der Waals surface area (Å²) >= 11 is 3.65. The van der Waals surface area contributed by atoms with Gasteiger partial charge >= 0.3 is 0 Å². The summed E-state index contributed by atoms with van der Waals surface area (Å²) in [5.41, 5.74) is 1.85. The van der Waals surface area contributed by atoms with Gasteiger partial charge in [0.25, 0.3) is 5.91 Å². The molecule has 0 radical (unpaired) electrons. The Hall–Kier alpha value is -2.40. The van der Waals surface area contributed by atoms with Gasteiger partial charge in [0, 0.05) is 13.1 Å². The molecule has 1 amide bonds. The van der Waals surface area contributed by atoms with Crippen molar-refractivity contribution in [2.24, 2.45) is 4.99 Å². The molecule has 2 aliphatic rings. The van der Waals surface area contributed by atoms with Crippen molar-refractivity contribution in [2.45, 2.75) is 27.4 Å². The highest BCUT2D eigenvalue weighted by Gasteiger charge is 2.32. The monoisotopic (exact) mass is 580 g/mol. The number of ether oxygens (including phenoxy) is 4. The second kappa shape index (κ2) is 10.7. The Bertz CT molecular complexity index is 1120. The number of hydrogen-bond acceptors (Lipinski definition) is 7. The molecule has 33 heavy (non-hydrogen) atoms. The molecule has 2 aromatic carbocycles. The van der Waals surface area contributed by atoms with Gasteiger partial charge in [0.05, 0.1) is 15.1 Å². The average Bonchev–Trinajstić information content (AvgIpc) is 3.37. The van der Waals surface area contributed by atoms with Crippen LogP contribution < -0.4 is 18.9 Å². The molecule has 7 nitrogen and oxygen atoms in total. The third-order valence-corrected chi connectivity index (χ3v) is 6.79. The van der Waals surface area contributed by atoms with Crippen molar-refractivity contribution >= 4 is 51.5 Å². The number of hydrogen-bond donors (Lipinski definition) is 0. The lowest BCUT2D eigenvalue weighted by Crippen LogP contribution is -2.28. The first-order valence-electron chi connectivity index (χ1n) is 10.8. The minimum Gasteiger partial charge on any atom is -0.490 e. The average molecular weight is 580 g/mol. The number of aliphatic imine (C=N–C) groups is 1. The van der Waals surface area contributed by atoms with E-state index in [1.165, 1.54) is 11.8 Å². The van der Waals surface area contributed by atoms with Crippen molar-refractivity contribution in [3.05, 3.63) is 49.9 Å². The zero-order valence-electron chi connectivity index (χ0n) is 18.7. The predicted molar refractivity (Wildman–Crippen MR) is 138 cm³/mol. The topological polar surface area (TPSA) is 69.6 Å². The number of amides is 1. The molecule has 174 valence electrons. The zero-order chi connectivity index (χ0) is 23.4. The number of halogens is 1. The molecule has 2 heterocycles. The molecule has 4 rings (SSSR count). The van der Waals surface area contributed by atoms with E-state index in [0.717, 1.165) is 31.4 Å². The van der Waals surface area contributed by atoms with Crippen molar-refractivity contribution in [1.82, 2.24) is 4.90 Å². The normalized spacial score (nSPS) is 17.3. The van der Waals surface area contributed by atoms with E-state index in [0.29, 0.717) is 42.7 Å². The minimum absolute atomic E-state index is 0.0224. The largest absolute Gasteiger partial charge is 0.490 e. The molecule has 0 bridgehead atoms. The van der Waals surface area contributed by atoms with Crippen LogP contribution in [0.1, 0.15) is 31.9 Å². The van der Waals surface area contributed by atoms with E-state index in [1.54, 1.807) is 4.90 Å². The summed E-state index contributed by atoms with van der Waals surface area (Å²) in [6.45, 7) is 8.19. The lowest BCUT2D eigenvalue weighted by atomic mass is 10.1. The van der Waals surface area contributed by atoms with Crippen LogP contribution in [0, 0.1) is 3.57 Å². The summed E-state index contributed by atoms with van der Waals surface area (Å²) in [4.78, 5) is 19.6. The van der Waals surface area contributed by atoms with E-state index in [9.17, 15) is 4.79 Å². The number of benzene rings is 2. The molecule has 0 saturated carbocycles. The second-order valence-electron chi connectivity index (χ2n) is 7.16. The smallest absolute Gasteiger partial charge is 0.266 e. The number of nitrogens with zero attached hydrogens (tertiary/aromatic N) is 2. The Labute approximate surface area is 211 Å². The van der Waals surface area contributed by atoms with Crippen LogP contribution in [0.5, 0.6) is 23.0 Å². The molecule has 9 heteroatoms. The Balaban J connectivity index is 1.57. The van der Waals surface area contributed by atoms with Gasteiger partial charge in [0.1, 0.15) is 6.61 Å². The van der Waals surface area contributed by atoms with Crippen LogP contribution in [0.3, 0.4) is 0 Å². The number of fused-ring (bicyclic) bond motifs is 1. The Kier molecular flexibility index (Phi) is 7.69. The van der Waals surface area contributed by atoms with E-state index in [1.807, 2.05) is 57.2 Å². The maximum Gasteiger partial charge on any atom is 0.266 e. The number of likely N-dealkylation sites (N-methyl/N-ethyl adjacent to an activating group) is 1. The van der Waals surface area contributed by atoms with Crippen LogP contribution >= 0.6 is 34.4 Å². The number of thioether (sulfide) groups is 1. The SMILES string of the molecule is CCN=C1S/C(=C\c2cc(I)c(OCc3ccc4c(c3)OCO4)c(OCC)c2)C(=O)N1CC. The molecule has 0 N–H and O–H groups in total. The van der Waals surface area contributed by atoms with E-state index >= 15 is 0 Å². The van der Waals surface area contributed by atoms with Crippen LogP contribution in [-0.4, -0.2) is 42.5 Å².